The van der Waals surface area contributed by atoms with Crippen LogP contribution < -0.4 is 5.32 Å². The number of amides is 1. The zero-order valence-electron chi connectivity index (χ0n) is 11.5. The first-order valence-electron chi connectivity index (χ1n) is 6.29. The van der Waals surface area contributed by atoms with Gasteiger partial charge in [-0.25, -0.2) is 4.39 Å². The van der Waals surface area contributed by atoms with Crippen molar-refractivity contribution >= 4 is 28.9 Å². The van der Waals surface area contributed by atoms with E-state index in [2.05, 4.69) is 10.4 Å². The molecule has 1 aromatic heterocycles. The van der Waals surface area contributed by atoms with Crippen molar-refractivity contribution in [2.24, 2.45) is 5.92 Å². The fourth-order valence-corrected chi connectivity index (χ4v) is 1.93. The van der Waals surface area contributed by atoms with Gasteiger partial charge in [-0.05, 0) is 18.2 Å². The summed E-state index contributed by atoms with van der Waals surface area (Å²) in [5.41, 5.74) is 0.229. The van der Waals surface area contributed by atoms with Crippen LogP contribution in [-0.2, 0) is 11.3 Å². The molecule has 22 heavy (non-hydrogen) atoms. The molecule has 116 valence electrons. The van der Waals surface area contributed by atoms with Gasteiger partial charge in [-0.15, -0.1) is 0 Å². The highest BCUT2D eigenvalue weighted by Gasteiger charge is 2.17. The summed E-state index contributed by atoms with van der Waals surface area (Å²) in [6.45, 7) is 1.82. The van der Waals surface area contributed by atoms with Crippen LogP contribution in [0.5, 0.6) is 0 Å². The first kappa shape index (κ1) is 15.9. The number of nitro groups is 1. The number of nitrogens with zero attached hydrogens (tertiary/aromatic N) is 3. The number of hydrogen-bond acceptors (Lipinski definition) is 4. The van der Waals surface area contributed by atoms with Crippen molar-refractivity contribution in [3.8, 4) is 0 Å². The number of nitrogens with one attached hydrogen (secondary N) is 1. The van der Waals surface area contributed by atoms with Gasteiger partial charge in [0.2, 0.25) is 5.91 Å². The molecule has 2 aromatic rings. The maximum atomic E-state index is 13.0. The molecule has 1 unspecified atom stereocenters. The van der Waals surface area contributed by atoms with Crippen molar-refractivity contribution in [3.05, 3.63) is 51.5 Å². The Hall–Kier alpha value is -2.48. The third kappa shape index (κ3) is 3.79. The van der Waals surface area contributed by atoms with Crippen LogP contribution in [-0.4, -0.2) is 20.6 Å². The van der Waals surface area contributed by atoms with Crippen molar-refractivity contribution in [1.29, 1.82) is 0 Å². The summed E-state index contributed by atoms with van der Waals surface area (Å²) in [6.07, 6.45) is 2.36. The molecule has 0 spiro atoms. The third-order valence-corrected chi connectivity index (χ3v) is 3.22. The zero-order chi connectivity index (χ0) is 16.3. The van der Waals surface area contributed by atoms with Crippen LogP contribution in [0, 0.1) is 21.8 Å². The van der Waals surface area contributed by atoms with Crippen LogP contribution >= 0.6 is 11.6 Å². The zero-order valence-corrected chi connectivity index (χ0v) is 12.2. The minimum Gasteiger partial charge on any atom is -0.326 e. The van der Waals surface area contributed by atoms with Crippen LogP contribution in [0.3, 0.4) is 0 Å². The summed E-state index contributed by atoms with van der Waals surface area (Å²) >= 11 is 5.63. The molecule has 2 rings (SSSR count). The Balaban J connectivity index is 1.99. The van der Waals surface area contributed by atoms with E-state index in [1.165, 1.54) is 23.0 Å². The molecule has 0 saturated carbocycles. The lowest BCUT2D eigenvalue weighted by molar-refractivity contribution is -0.385. The van der Waals surface area contributed by atoms with E-state index in [1.807, 2.05) is 0 Å². The molecule has 0 radical (unpaired) electrons. The molecule has 0 aliphatic rings. The van der Waals surface area contributed by atoms with Gasteiger partial charge in [0.25, 0.3) is 0 Å². The third-order valence-electron chi connectivity index (χ3n) is 2.93. The second-order valence-corrected chi connectivity index (χ2v) is 5.10. The van der Waals surface area contributed by atoms with E-state index in [-0.39, 0.29) is 23.2 Å². The molecule has 7 nitrogen and oxygen atoms in total. The smallest absolute Gasteiger partial charge is 0.306 e. The Bertz CT molecular complexity index is 719. The highest BCUT2D eigenvalue weighted by atomic mass is 35.5. The minimum absolute atomic E-state index is 0.0897. The van der Waals surface area contributed by atoms with Crippen LogP contribution in [0.1, 0.15) is 6.92 Å². The van der Waals surface area contributed by atoms with Gasteiger partial charge in [0.05, 0.1) is 22.4 Å². The quantitative estimate of drug-likeness (QED) is 0.675. The van der Waals surface area contributed by atoms with E-state index in [9.17, 15) is 19.3 Å². The molecular formula is C13H12ClFN4O3. The molecule has 1 aromatic carbocycles. The average molecular weight is 327 g/mol. The SMILES string of the molecule is CC(Cn1cc([N+](=O)[O-])cn1)C(=O)Nc1ccc(F)c(Cl)c1. The molecule has 1 amide bonds. The first-order valence-corrected chi connectivity index (χ1v) is 6.67. The molecule has 0 aliphatic heterocycles. The molecule has 0 aliphatic carbocycles. The van der Waals surface area contributed by atoms with Gasteiger partial charge in [0, 0.05) is 5.69 Å². The van der Waals surface area contributed by atoms with Gasteiger partial charge in [0.15, 0.2) is 0 Å². The van der Waals surface area contributed by atoms with Crippen LogP contribution in [0.2, 0.25) is 5.02 Å². The van der Waals surface area contributed by atoms with Crippen molar-refractivity contribution in [1.82, 2.24) is 9.78 Å². The number of hydrogen-bond donors (Lipinski definition) is 1. The Labute approximate surface area is 129 Å². The molecular weight excluding hydrogens is 315 g/mol. The molecule has 0 bridgehead atoms. The van der Waals surface area contributed by atoms with E-state index >= 15 is 0 Å². The van der Waals surface area contributed by atoms with Gasteiger partial charge in [-0.2, -0.15) is 5.10 Å². The molecule has 9 heteroatoms. The van der Waals surface area contributed by atoms with E-state index in [1.54, 1.807) is 6.92 Å². The first-order chi connectivity index (χ1) is 10.4. The fourth-order valence-electron chi connectivity index (χ4n) is 1.75. The van der Waals surface area contributed by atoms with Crippen LogP contribution in [0.15, 0.2) is 30.6 Å². The molecule has 0 fully saturated rings. The molecule has 1 heterocycles. The number of benzene rings is 1. The van der Waals surface area contributed by atoms with Crippen molar-refractivity contribution < 1.29 is 14.1 Å². The van der Waals surface area contributed by atoms with Crippen molar-refractivity contribution in [2.75, 3.05) is 5.32 Å². The van der Waals surface area contributed by atoms with Crippen molar-refractivity contribution in [2.45, 2.75) is 13.5 Å². The second-order valence-electron chi connectivity index (χ2n) is 4.70. The number of halogens is 2. The standard InChI is InChI=1S/C13H12ClFN4O3/c1-8(6-18-7-10(5-16-18)19(21)22)13(20)17-9-2-3-12(15)11(14)4-9/h2-5,7-8H,6H2,1H3,(H,17,20). The topological polar surface area (TPSA) is 90.1 Å². The Morgan fingerprint density at radius 3 is 2.91 bits per heavy atom. The molecule has 1 N–H and O–H groups in total. The predicted molar refractivity (Wildman–Crippen MR) is 78.1 cm³/mol. The van der Waals surface area contributed by atoms with Crippen LogP contribution in [0.25, 0.3) is 0 Å². The fraction of sp³-hybridized carbons (Fsp3) is 0.231. The Morgan fingerprint density at radius 2 is 2.32 bits per heavy atom. The number of rotatable bonds is 5. The lowest BCUT2D eigenvalue weighted by Gasteiger charge is -2.12. The summed E-state index contributed by atoms with van der Waals surface area (Å²) in [5.74, 6) is -1.40. The second kappa shape index (κ2) is 6.52. The Kier molecular flexibility index (Phi) is 4.71. The van der Waals surface area contributed by atoms with Gasteiger partial charge in [-0.3, -0.25) is 19.6 Å². The molecule has 1 atom stereocenters. The van der Waals surface area contributed by atoms with Crippen LogP contribution in [0.4, 0.5) is 15.8 Å². The van der Waals surface area contributed by atoms with Gasteiger partial charge >= 0.3 is 5.69 Å². The van der Waals surface area contributed by atoms with E-state index in [0.29, 0.717) is 5.69 Å². The number of carbonyl (C=O) groups excluding carboxylic acids is 1. The van der Waals surface area contributed by atoms with Gasteiger partial charge in [-0.1, -0.05) is 18.5 Å². The highest BCUT2D eigenvalue weighted by molar-refractivity contribution is 6.31. The number of aromatic nitrogens is 2. The summed E-state index contributed by atoms with van der Waals surface area (Å²) in [4.78, 5) is 22.0. The maximum absolute atomic E-state index is 13.0. The monoisotopic (exact) mass is 326 g/mol. The molecule has 0 saturated heterocycles. The highest BCUT2D eigenvalue weighted by Crippen LogP contribution is 2.20. The number of carbonyl (C=O) groups is 1. The lowest BCUT2D eigenvalue weighted by atomic mass is 10.1. The normalized spacial score (nSPS) is 12.0. The van der Waals surface area contributed by atoms with E-state index in [4.69, 9.17) is 11.6 Å². The summed E-state index contributed by atoms with van der Waals surface area (Å²) < 4.78 is 14.4. The average Bonchev–Trinajstić information content (AvgIpc) is 2.91. The summed E-state index contributed by atoms with van der Waals surface area (Å²) in [7, 11) is 0. The maximum Gasteiger partial charge on any atom is 0.306 e. The summed E-state index contributed by atoms with van der Waals surface area (Å²) in [5, 5.41) is 16.9. The predicted octanol–water partition coefficient (Wildman–Crippen LogP) is 2.86. The van der Waals surface area contributed by atoms with E-state index in [0.717, 1.165) is 12.3 Å². The van der Waals surface area contributed by atoms with Gasteiger partial charge in [0.1, 0.15) is 18.2 Å². The van der Waals surface area contributed by atoms with E-state index < -0.39 is 16.7 Å². The lowest BCUT2D eigenvalue weighted by Crippen LogP contribution is -2.24. The Morgan fingerprint density at radius 1 is 1.59 bits per heavy atom. The minimum atomic E-state index is -0.573. The van der Waals surface area contributed by atoms with Gasteiger partial charge < -0.3 is 5.32 Å². The van der Waals surface area contributed by atoms with Crippen molar-refractivity contribution in [3.63, 3.8) is 0 Å². The number of anilines is 1. The summed E-state index contributed by atoms with van der Waals surface area (Å²) in [6, 6.07) is 3.85. The largest absolute Gasteiger partial charge is 0.326 e.